The lowest BCUT2D eigenvalue weighted by atomic mass is 9.91. The first-order valence-electron chi connectivity index (χ1n) is 6.12. The van der Waals surface area contributed by atoms with E-state index in [0.717, 1.165) is 19.1 Å². The fourth-order valence-electron chi connectivity index (χ4n) is 2.18. The molecule has 1 aliphatic heterocycles. The van der Waals surface area contributed by atoms with E-state index in [1.54, 1.807) is 0 Å². The van der Waals surface area contributed by atoms with Crippen LogP contribution in [0.5, 0.6) is 0 Å². The molecule has 0 aromatic heterocycles. The van der Waals surface area contributed by atoms with Crippen LogP contribution in [0.2, 0.25) is 0 Å². The van der Waals surface area contributed by atoms with Gasteiger partial charge in [-0.3, -0.25) is 0 Å². The molecule has 1 N–H and O–H groups in total. The molecule has 0 bridgehead atoms. The Morgan fingerprint density at radius 1 is 1.33 bits per heavy atom. The molecule has 1 unspecified atom stereocenters. The van der Waals surface area contributed by atoms with Gasteiger partial charge in [0.25, 0.3) is 0 Å². The molecule has 1 atom stereocenters. The summed E-state index contributed by atoms with van der Waals surface area (Å²) in [5.74, 6) is 0.873. The Bertz CT molecular complexity index is 156. The van der Waals surface area contributed by atoms with Crippen LogP contribution in [0.4, 0.5) is 0 Å². The quantitative estimate of drug-likeness (QED) is 0.722. The van der Waals surface area contributed by atoms with Crippen LogP contribution < -0.4 is 5.32 Å². The van der Waals surface area contributed by atoms with Crippen molar-refractivity contribution < 1.29 is 4.74 Å². The van der Waals surface area contributed by atoms with Crippen molar-refractivity contribution in [3.63, 3.8) is 0 Å². The lowest BCUT2D eigenvalue weighted by Gasteiger charge is -2.27. The van der Waals surface area contributed by atoms with Gasteiger partial charge in [0.2, 0.25) is 0 Å². The molecule has 0 aromatic carbocycles. The highest BCUT2D eigenvalue weighted by atomic mass is 16.5. The van der Waals surface area contributed by atoms with Gasteiger partial charge in [-0.25, -0.2) is 0 Å². The van der Waals surface area contributed by atoms with Gasteiger partial charge in [0.15, 0.2) is 0 Å². The van der Waals surface area contributed by atoms with Crippen LogP contribution in [0.25, 0.3) is 0 Å². The average molecular weight is 214 g/mol. The van der Waals surface area contributed by atoms with Gasteiger partial charge in [0.1, 0.15) is 0 Å². The van der Waals surface area contributed by atoms with Crippen LogP contribution in [-0.4, -0.2) is 51.8 Å². The van der Waals surface area contributed by atoms with Crippen molar-refractivity contribution in [3.8, 4) is 0 Å². The van der Waals surface area contributed by atoms with Crippen molar-refractivity contribution in [2.24, 2.45) is 5.92 Å². The maximum Gasteiger partial charge on any atom is 0.0468 e. The lowest BCUT2D eigenvalue weighted by Crippen LogP contribution is -2.33. The zero-order chi connectivity index (χ0) is 11.1. The van der Waals surface area contributed by atoms with Gasteiger partial charge in [0, 0.05) is 19.3 Å². The summed E-state index contributed by atoms with van der Waals surface area (Å²) in [6.07, 6.45) is 5.06. The van der Waals surface area contributed by atoms with E-state index in [9.17, 15) is 0 Å². The van der Waals surface area contributed by atoms with Crippen molar-refractivity contribution >= 4 is 0 Å². The second kappa shape index (κ2) is 7.20. The molecule has 90 valence electrons. The third kappa shape index (κ3) is 5.50. The summed E-state index contributed by atoms with van der Waals surface area (Å²) < 4.78 is 5.38. The van der Waals surface area contributed by atoms with Crippen LogP contribution in [0.1, 0.15) is 25.7 Å². The topological polar surface area (TPSA) is 24.5 Å². The summed E-state index contributed by atoms with van der Waals surface area (Å²) >= 11 is 0. The van der Waals surface area contributed by atoms with Gasteiger partial charge in [-0.15, -0.1) is 0 Å². The standard InChI is InChI=1S/C12H26N2O/c1-13-12(4-7-14(2)3)10-11-5-8-15-9-6-11/h11-13H,4-10H2,1-3H3. The van der Waals surface area contributed by atoms with Gasteiger partial charge >= 0.3 is 0 Å². The summed E-state index contributed by atoms with van der Waals surface area (Å²) in [6.45, 7) is 3.11. The third-order valence-electron chi connectivity index (χ3n) is 3.29. The van der Waals surface area contributed by atoms with Crippen molar-refractivity contribution in [1.82, 2.24) is 10.2 Å². The molecule has 3 heteroatoms. The van der Waals surface area contributed by atoms with Gasteiger partial charge in [0.05, 0.1) is 0 Å². The Morgan fingerprint density at radius 3 is 2.53 bits per heavy atom. The molecule has 1 saturated heterocycles. The summed E-state index contributed by atoms with van der Waals surface area (Å²) in [4.78, 5) is 2.26. The first kappa shape index (κ1) is 12.9. The van der Waals surface area contributed by atoms with Crippen molar-refractivity contribution in [2.45, 2.75) is 31.7 Å². The molecule has 0 aromatic rings. The smallest absolute Gasteiger partial charge is 0.0468 e. The molecular formula is C12H26N2O. The van der Waals surface area contributed by atoms with Crippen LogP contribution in [0, 0.1) is 5.92 Å². The van der Waals surface area contributed by atoms with Crippen molar-refractivity contribution in [1.29, 1.82) is 0 Å². The second-order valence-corrected chi connectivity index (χ2v) is 4.87. The van der Waals surface area contributed by atoms with Crippen LogP contribution in [0.3, 0.4) is 0 Å². The van der Waals surface area contributed by atoms with Crippen LogP contribution in [-0.2, 0) is 4.74 Å². The number of hydrogen-bond acceptors (Lipinski definition) is 3. The number of ether oxygens (including phenoxy) is 1. The minimum absolute atomic E-state index is 0.676. The highest BCUT2D eigenvalue weighted by Gasteiger charge is 2.18. The Kier molecular flexibility index (Phi) is 6.22. The van der Waals surface area contributed by atoms with E-state index in [1.165, 1.54) is 32.2 Å². The van der Waals surface area contributed by atoms with E-state index in [1.807, 2.05) is 0 Å². The maximum absolute atomic E-state index is 5.38. The summed E-state index contributed by atoms with van der Waals surface area (Å²) in [7, 11) is 6.36. The third-order valence-corrected chi connectivity index (χ3v) is 3.29. The Hall–Kier alpha value is -0.120. The molecular weight excluding hydrogens is 188 g/mol. The summed E-state index contributed by atoms with van der Waals surface area (Å²) in [5, 5.41) is 3.44. The average Bonchev–Trinajstić information content (AvgIpc) is 2.25. The molecule has 0 amide bonds. The molecule has 0 saturated carbocycles. The zero-order valence-corrected chi connectivity index (χ0v) is 10.5. The molecule has 1 rings (SSSR count). The van der Waals surface area contributed by atoms with Gasteiger partial charge in [-0.05, 0) is 59.3 Å². The molecule has 1 fully saturated rings. The van der Waals surface area contributed by atoms with E-state index in [0.29, 0.717) is 6.04 Å². The predicted octanol–water partition coefficient (Wildman–Crippen LogP) is 1.34. The Morgan fingerprint density at radius 2 is 2.00 bits per heavy atom. The molecule has 0 radical (unpaired) electrons. The Labute approximate surface area is 94.2 Å². The largest absolute Gasteiger partial charge is 0.381 e. The maximum atomic E-state index is 5.38. The van der Waals surface area contributed by atoms with E-state index >= 15 is 0 Å². The van der Waals surface area contributed by atoms with E-state index in [2.05, 4.69) is 31.4 Å². The number of nitrogens with zero attached hydrogens (tertiary/aromatic N) is 1. The van der Waals surface area contributed by atoms with E-state index in [-0.39, 0.29) is 0 Å². The second-order valence-electron chi connectivity index (χ2n) is 4.87. The molecule has 3 nitrogen and oxygen atoms in total. The van der Waals surface area contributed by atoms with E-state index in [4.69, 9.17) is 4.74 Å². The van der Waals surface area contributed by atoms with Gasteiger partial charge < -0.3 is 15.0 Å². The summed E-state index contributed by atoms with van der Waals surface area (Å²) in [5.41, 5.74) is 0. The number of nitrogens with one attached hydrogen (secondary N) is 1. The first-order valence-corrected chi connectivity index (χ1v) is 6.12. The Balaban J connectivity index is 2.19. The van der Waals surface area contributed by atoms with Gasteiger partial charge in [-0.1, -0.05) is 0 Å². The van der Waals surface area contributed by atoms with E-state index < -0.39 is 0 Å². The van der Waals surface area contributed by atoms with Crippen LogP contribution in [0.15, 0.2) is 0 Å². The predicted molar refractivity (Wildman–Crippen MR) is 64.2 cm³/mol. The lowest BCUT2D eigenvalue weighted by molar-refractivity contribution is 0.0602. The highest BCUT2D eigenvalue weighted by Crippen LogP contribution is 2.21. The summed E-state index contributed by atoms with van der Waals surface area (Å²) in [6, 6.07) is 0.676. The van der Waals surface area contributed by atoms with Crippen molar-refractivity contribution in [3.05, 3.63) is 0 Å². The molecule has 15 heavy (non-hydrogen) atoms. The normalized spacial score (nSPS) is 20.8. The molecule has 0 aliphatic carbocycles. The monoisotopic (exact) mass is 214 g/mol. The molecule has 0 spiro atoms. The van der Waals surface area contributed by atoms with Crippen LogP contribution >= 0.6 is 0 Å². The SMILES string of the molecule is CNC(CCN(C)C)CC1CCOCC1. The highest BCUT2D eigenvalue weighted by molar-refractivity contribution is 4.73. The fraction of sp³-hybridized carbons (Fsp3) is 1.00. The first-order chi connectivity index (χ1) is 7.22. The molecule has 1 heterocycles. The fourth-order valence-corrected chi connectivity index (χ4v) is 2.18. The molecule has 1 aliphatic rings. The van der Waals surface area contributed by atoms with Gasteiger partial charge in [-0.2, -0.15) is 0 Å². The zero-order valence-electron chi connectivity index (χ0n) is 10.5. The minimum Gasteiger partial charge on any atom is -0.381 e. The number of hydrogen-bond donors (Lipinski definition) is 1. The minimum atomic E-state index is 0.676. The number of rotatable bonds is 6. The van der Waals surface area contributed by atoms with Crippen molar-refractivity contribution in [2.75, 3.05) is 40.9 Å².